The van der Waals surface area contributed by atoms with Crippen LogP contribution in [0.2, 0.25) is 0 Å². The van der Waals surface area contributed by atoms with E-state index >= 15 is 0 Å². The van der Waals surface area contributed by atoms with Crippen LogP contribution < -0.4 is 0 Å². The molecule has 0 aliphatic heterocycles. The SMILES string of the molecule is CC1(C)C(Cn2ccc3c2CCCC3O)C1(C)C. The molecule has 1 unspecified atom stereocenters. The van der Waals surface area contributed by atoms with Gasteiger partial charge >= 0.3 is 0 Å². The van der Waals surface area contributed by atoms with Crippen molar-refractivity contribution in [3.63, 3.8) is 0 Å². The number of rotatable bonds is 2. The summed E-state index contributed by atoms with van der Waals surface area (Å²) in [6.45, 7) is 10.6. The van der Waals surface area contributed by atoms with Crippen LogP contribution in [-0.4, -0.2) is 9.67 Å². The van der Waals surface area contributed by atoms with Crippen LogP contribution in [0.3, 0.4) is 0 Å². The molecule has 0 spiro atoms. The molecule has 1 aromatic heterocycles. The highest BCUT2D eigenvalue weighted by molar-refractivity contribution is 5.28. The summed E-state index contributed by atoms with van der Waals surface area (Å²) >= 11 is 0. The molecule has 2 heteroatoms. The van der Waals surface area contributed by atoms with Crippen LogP contribution in [0, 0.1) is 16.7 Å². The highest BCUT2D eigenvalue weighted by atomic mass is 16.3. The van der Waals surface area contributed by atoms with E-state index in [0.29, 0.717) is 10.8 Å². The summed E-state index contributed by atoms with van der Waals surface area (Å²) in [4.78, 5) is 0. The van der Waals surface area contributed by atoms with Gasteiger partial charge in [0.2, 0.25) is 0 Å². The van der Waals surface area contributed by atoms with E-state index in [0.717, 1.165) is 31.7 Å². The fourth-order valence-corrected chi connectivity index (χ4v) is 3.89. The normalized spacial score (nSPS) is 29.1. The number of nitrogens with zero attached hydrogens (tertiary/aromatic N) is 1. The highest BCUT2D eigenvalue weighted by Gasteiger charge is 2.64. The average Bonchev–Trinajstić information content (AvgIpc) is 2.66. The van der Waals surface area contributed by atoms with Crippen LogP contribution in [0.5, 0.6) is 0 Å². The van der Waals surface area contributed by atoms with E-state index in [2.05, 4.69) is 44.5 Å². The molecule has 100 valence electrons. The Morgan fingerprint density at radius 1 is 1.28 bits per heavy atom. The third-order valence-corrected chi connectivity index (χ3v) is 6.06. The molecule has 2 aliphatic rings. The molecule has 1 atom stereocenters. The van der Waals surface area contributed by atoms with E-state index in [-0.39, 0.29) is 6.10 Å². The van der Waals surface area contributed by atoms with Gasteiger partial charge in [-0.05, 0) is 42.1 Å². The van der Waals surface area contributed by atoms with Crippen LogP contribution in [0.1, 0.15) is 57.9 Å². The molecule has 1 heterocycles. The lowest BCUT2D eigenvalue weighted by Gasteiger charge is -2.20. The van der Waals surface area contributed by atoms with Crippen molar-refractivity contribution in [2.24, 2.45) is 16.7 Å². The Kier molecular flexibility index (Phi) is 2.48. The number of aliphatic hydroxyl groups excluding tert-OH is 1. The molecule has 1 fully saturated rings. The van der Waals surface area contributed by atoms with Crippen LogP contribution in [-0.2, 0) is 13.0 Å². The highest BCUT2D eigenvalue weighted by Crippen LogP contribution is 2.68. The van der Waals surface area contributed by atoms with Crippen molar-refractivity contribution in [3.8, 4) is 0 Å². The summed E-state index contributed by atoms with van der Waals surface area (Å²) in [5.41, 5.74) is 3.44. The number of hydrogen-bond acceptors (Lipinski definition) is 1. The lowest BCUT2D eigenvalue weighted by Crippen LogP contribution is -2.13. The molecule has 2 nitrogen and oxygen atoms in total. The van der Waals surface area contributed by atoms with Gasteiger partial charge in [-0.15, -0.1) is 0 Å². The zero-order chi connectivity index (χ0) is 13.1. The minimum Gasteiger partial charge on any atom is -0.388 e. The van der Waals surface area contributed by atoms with Gasteiger partial charge in [0, 0.05) is 24.0 Å². The summed E-state index contributed by atoms with van der Waals surface area (Å²) in [5.74, 6) is 0.751. The van der Waals surface area contributed by atoms with Gasteiger partial charge in [-0.25, -0.2) is 0 Å². The van der Waals surface area contributed by atoms with E-state index in [4.69, 9.17) is 0 Å². The van der Waals surface area contributed by atoms with E-state index in [1.807, 2.05) is 0 Å². The molecule has 2 aliphatic carbocycles. The maximum absolute atomic E-state index is 10.0. The van der Waals surface area contributed by atoms with E-state index in [1.165, 1.54) is 11.3 Å². The zero-order valence-electron chi connectivity index (χ0n) is 12.0. The minimum absolute atomic E-state index is 0.227. The summed E-state index contributed by atoms with van der Waals surface area (Å²) in [5, 5.41) is 10.0. The first kappa shape index (κ1) is 12.3. The second-order valence-electron chi connectivity index (χ2n) is 7.27. The van der Waals surface area contributed by atoms with Crippen molar-refractivity contribution >= 4 is 0 Å². The molecule has 0 saturated heterocycles. The van der Waals surface area contributed by atoms with Gasteiger partial charge in [0.25, 0.3) is 0 Å². The Morgan fingerprint density at radius 3 is 2.56 bits per heavy atom. The van der Waals surface area contributed by atoms with Crippen molar-refractivity contribution in [2.45, 2.75) is 59.6 Å². The molecule has 1 N–H and O–H groups in total. The van der Waals surface area contributed by atoms with Gasteiger partial charge in [0.15, 0.2) is 0 Å². The Hall–Kier alpha value is -0.760. The predicted octanol–water partition coefficient (Wildman–Crippen LogP) is 3.54. The maximum atomic E-state index is 10.0. The Labute approximate surface area is 110 Å². The number of aliphatic hydroxyl groups is 1. The van der Waals surface area contributed by atoms with Crippen LogP contribution >= 0.6 is 0 Å². The Bertz CT molecular complexity index is 455. The first-order chi connectivity index (χ1) is 8.35. The van der Waals surface area contributed by atoms with Gasteiger partial charge in [0.1, 0.15) is 0 Å². The standard InChI is InChI=1S/C16H25NO/c1-15(2)14(16(15,3)4)10-17-9-8-11-12(17)6-5-7-13(11)18/h8-9,13-14,18H,5-7,10H2,1-4H3. The van der Waals surface area contributed by atoms with Crippen molar-refractivity contribution in [1.29, 1.82) is 0 Å². The monoisotopic (exact) mass is 247 g/mol. The van der Waals surface area contributed by atoms with Crippen molar-refractivity contribution in [1.82, 2.24) is 4.57 Å². The first-order valence-electron chi connectivity index (χ1n) is 7.21. The van der Waals surface area contributed by atoms with Crippen LogP contribution in [0.15, 0.2) is 12.3 Å². The topological polar surface area (TPSA) is 25.2 Å². The number of aromatic nitrogens is 1. The predicted molar refractivity (Wildman–Crippen MR) is 73.4 cm³/mol. The molecule has 1 saturated carbocycles. The molecule has 0 radical (unpaired) electrons. The van der Waals surface area contributed by atoms with Gasteiger partial charge in [-0.2, -0.15) is 0 Å². The van der Waals surface area contributed by atoms with E-state index in [1.54, 1.807) is 0 Å². The fraction of sp³-hybridized carbons (Fsp3) is 0.750. The lowest BCUT2D eigenvalue weighted by molar-refractivity contribution is 0.155. The molecular formula is C16H25NO. The molecule has 0 bridgehead atoms. The smallest absolute Gasteiger partial charge is 0.0807 e. The molecular weight excluding hydrogens is 222 g/mol. The molecule has 1 aromatic rings. The molecule has 18 heavy (non-hydrogen) atoms. The molecule has 3 rings (SSSR count). The van der Waals surface area contributed by atoms with Crippen molar-refractivity contribution < 1.29 is 5.11 Å². The summed E-state index contributed by atoms with van der Waals surface area (Å²) < 4.78 is 2.40. The van der Waals surface area contributed by atoms with Gasteiger partial charge < -0.3 is 9.67 Å². The summed E-state index contributed by atoms with van der Waals surface area (Å²) in [6, 6.07) is 2.13. The van der Waals surface area contributed by atoms with E-state index in [9.17, 15) is 5.11 Å². The molecule has 0 amide bonds. The quantitative estimate of drug-likeness (QED) is 0.849. The van der Waals surface area contributed by atoms with Crippen molar-refractivity contribution in [3.05, 3.63) is 23.5 Å². The first-order valence-corrected chi connectivity index (χ1v) is 7.21. The van der Waals surface area contributed by atoms with Crippen molar-refractivity contribution in [2.75, 3.05) is 0 Å². The Morgan fingerprint density at radius 2 is 1.94 bits per heavy atom. The molecule has 0 aromatic carbocycles. The average molecular weight is 247 g/mol. The zero-order valence-corrected chi connectivity index (χ0v) is 12.0. The lowest BCUT2D eigenvalue weighted by atomic mass is 9.95. The third-order valence-electron chi connectivity index (χ3n) is 6.06. The number of hydrogen-bond donors (Lipinski definition) is 1. The number of fused-ring (bicyclic) bond motifs is 1. The Balaban J connectivity index is 1.84. The van der Waals surface area contributed by atoms with E-state index < -0.39 is 0 Å². The van der Waals surface area contributed by atoms with Gasteiger partial charge in [0.05, 0.1) is 6.10 Å². The fourth-order valence-electron chi connectivity index (χ4n) is 3.89. The van der Waals surface area contributed by atoms with Crippen LogP contribution in [0.4, 0.5) is 0 Å². The second kappa shape index (κ2) is 3.63. The van der Waals surface area contributed by atoms with Gasteiger partial charge in [-0.3, -0.25) is 0 Å². The summed E-state index contributed by atoms with van der Waals surface area (Å²) in [6.07, 6.45) is 5.14. The maximum Gasteiger partial charge on any atom is 0.0807 e. The largest absolute Gasteiger partial charge is 0.388 e. The minimum atomic E-state index is -0.227. The van der Waals surface area contributed by atoms with Gasteiger partial charge in [-0.1, -0.05) is 27.7 Å². The third kappa shape index (κ3) is 1.51. The van der Waals surface area contributed by atoms with Crippen LogP contribution in [0.25, 0.3) is 0 Å². The second-order valence-corrected chi connectivity index (χ2v) is 7.27. The summed E-state index contributed by atoms with van der Waals surface area (Å²) in [7, 11) is 0.